The monoisotopic (exact) mass is 199 g/mol. The number of fused-ring (bicyclic) bond motifs is 1. The van der Waals surface area contributed by atoms with Crippen molar-refractivity contribution in [2.45, 2.75) is 25.3 Å². The van der Waals surface area contributed by atoms with Crippen LogP contribution in [-0.4, -0.2) is 17.6 Å². The first-order chi connectivity index (χ1) is 7.38. The number of nitrogens with zero attached hydrogens (tertiary/aromatic N) is 3. The molecule has 1 aliphatic heterocycles. The maximum Gasteiger partial charge on any atom is 0.207 e. The molecule has 0 radical (unpaired) electrons. The van der Waals surface area contributed by atoms with E-state index in [4.69, 9.17) is 6.57 Å². The van der Waals surface area contributed by atoms with Crippen molar-refractivity contribution in [3.63, 3.8) is 0 Å². The van der Waals surface area contributed by atoms with Crippen molar-refractivity contribution in [1.82, 2.24) is 4.98 Å². The zero-order valence-corrected chi connectivity index (χ0v) is 8.56. The van der Waals surface area contributed by atoms with Gasteiger partial charge in [-0.1, -0.05) is 6.42 Å². The Balaban J connectivity index is 1.85. The van der Waals surface area contributed by atoms with Gasteiger partial charge in [0.1, 0.15) is 0 Å². The molecule has 3 nitrogen and oxygen atoms in total. The Morgan fingerprint density at radius 1 is 1.40 bits per heavy atom. The molecular weight excluding hydrogens is 186 g/mol. The number of anilines is 1. The molecular formula is C12H13N3. The lowest BCUT2D eigenvalue weighted by atomic mass is 9.91. The van der Waals surface area contributed by atoms with Gasteiger partial charge in [-0.15, -0.1) is 0 Å². The van der Waals surface area contributed by atoms with Crippen molar-refractivity contribution in [2.75, 3.05) is 11.4 Å². The van der Waals surface area contributed by atoms with E-state index >= 15 is 0 Å². The fraction of sp³-hybridized carbons (Fsp3) is 0.500. The van der Waals surface area contributed by atoms with Gasteiger partial charge < -0.3 is 4.90 Å². The fourth-order valence-electron chi connectivity index (χ4n) is 2.82. The van der Waals surface area contributed by atoms with E-state index in [1.165, 1.54) is 19.3 Å². The first kappa shape index (κ1) is 8.72. The van der Waals surface area contributed by atoms with E-state index in [2.05, 4.69) is 14.7 Å². The third-order valence-electron chi connectivity index (χ3n) is 3.62. The molecule has 1 saturated carbocycles. The summed E-state index contributed by atoms with van der Waals surface area (Å²) in [5.41, 5.74) is 1.78. The normalized spacial score (nSPS) is 28.1. The Hall–Kier alpha value is -1.56. The van der Waals surface area contributed by atoms with Gasteiger partial charge >= 0.3 is 0 Å². The van der Waals surface area contributed by atoms with E-state index in [1.54, 1.807) is 6.20 Å². The van der Waals surface area contributed by atoms with Crippen LogP contribution < -0.4 is 4.90 Å². The van der Waals surface area contributed by atoms with Crippen LogP contribution in [0.5, 0.6) is 0 Å². The van der Waals surface area contributed by atoms with Crippen LogP contribution in [0.15, 0.2) is 18.5 Å². The van der Waals surface area contributed by atoms with Crippen molar-refractivity contribution in [2.24, 2.45) is 5.92 Å². The van der Waals surface area contributed by atoms with Crippen LogP contribution in [-0.2, 0) is 0 Å². The molecule has 2 heterocycles. The second kappa shape index (κ2) is 3.23. The Morgan fingerprint density at radius 2 is 2.33 bits per heavy atom. The topological polar surface area (TPSA) is 20.5 Å². The van der Waals surface area contributed by atoms with Crippen LogP contribution in [0.2, 0.25) is 0 Å². The molecule has 76 valence electrons. The number of aromatic nitrogens is 1. The summed E-state index contributed by atoms with van der Waals surface area (Å²) in [6, 6.07) is 2.68. The first-order valence-corrected chi connectivity index (χ1v) is 5.47. The van der Waals surface area contributed by atoms with Crippen LogP contribution in [0.25, 0.3) is 4.85 Å². The zero-order chi connectivity index (χ0) is 10.3. The highest BCUT2D eigenvalue weighted by Gasteiger charge is 2.41. The molecule has 0 N–H and O–H groups in total. The van der Waals surface area contributed by atoms with E-state index in [0.29, 0.717) is 5.69 Å². The Bertz CT molecular complexity index is 421. The van der Waals surface area contributed by atoms with Crippen LogP contribution in [0.1, 0.15) is 19.3 Å². The zero-order valence-electron chi connectivity index (χ0n) is 8.56. The van der Waals surface area contributed by atoms with Gasteiger partial charge in [-0.2, -0.15) is 0 Å². The second-order valence-electron chi connectivity index (χ2n) is 4.42. The lowest BCUT2D eigenvalue weighted by Gasteiger charge is -2.46. The van der Waals surface area contributed by atoms with Crippen LogP contribution in [0, 0.1) is 12.5 Å². The van der Waals surface area contributed by atoms with Gasteiger partial charge in [0, 0.05) is 30.7 Å². The number of hydrogen-bond donors (Lipinski definition) is 0. The molecule has 0 bridgehead atoms. The van der Waals surface area contributed by atoms with Crippen molar-refractivity contribution in [1.29, 1.82) is 0 Å². The summed E-state index contributed by atoms with van der Waals surface area (Å²) in [6.45, 7) is 8.13. The molecule has 0 aromatic carbocycles. The number of hydrogen-bond acceptors (Lipinski definition) is 2. The average Bonchev–Trinajstić information content (AvgIpc) is 2.61. The molecule has 2 atom stereocenters. The largest absolute Gasteiger partial charge is 0.368 e. The van der Waals surface area contributed by atoms with Gasteiger partial charge in [-0.25, -0.2) is 4.85 Å². The van der Waals surface area contributed by atoms with Gasteiger partial charge in [-0.05, 0) is 24.8 Å². The predicted molar refractivity (Wildman–Crippen MR) is 59.0 cm³/mol. The molecule has 15 heavy (non-hydrogen) atoms. The molecule has 1 aromatic heterocycles. The third-order valence-corrected chi connectivity index (χ3v) is 3.62. The molecule has 0 unspecified atom stereocenters. The summed E-state index contributed by atoms with van der Waals surface area (Å²) in [5.74, 6) is 0.904. The van der Waals surface area contributed by atoms with E-state index in [0.717, 1.165) is 24.2 Å². The summed E-state index contributed by atoms with van der Waals surface area (Å²) < 4.78 is 0. The highest BCUT2D eigenvalue weighted by atomic mass is 15.2. The van der Waals surface area contributed by atoms with E-state index in [9.17, 15) is 0 Å². The van der Waals surface area contributed by atoms with Gasteiger partial charge in [0.05, 0.1) is 6.57 Å². The maximum atomic E-state index is 6.97. The number of rotatable bonds is 1. The van der Waals surface area contributed by atoms with Gasteiger partial charge in [0.15, 0.2) is 0 Å². The molecule has 2 aliphatic rings. The lowest BCUT2D eigenvalue weighted by Crippen LogP contribution is -2.53. The Kier molecular flexibility index (Phi) is 1.88. The lowest BCUT2D eigenvalue weighted by molar-refractivity contribution is 0.339. The minimum atomic E-state index is 0.647. The van der Waals surface area contributed by atoms with Crippen molar-refractivity contribution >= 4 is 11.4 Å². The standard InChI is InChI=1S/C12H13N3/c1-13-10-5-11(7-14-6-10)15-8-9-3-2-4-12(9)15/h5-7,9,12H,2-4,8H2/t9-,12-/m0/s1. The Labute approximate surface area is 89.6 Å². The van der Waals surface area contributed by atoms with E-state index in [-0.39, 0.29) is 0 Å². The minimum Gasteiger partial charge on any atom is -0.368 e. The van der Waals surface area contributed by atoms with Crippen LogP contribution in [0.4, 0.5) is 11.4 Å². The summed E-state index contributed by atoms with van der Waals surface area (Å²) >= 11 is 0. The van der Waals surface area contributed by atoms with Crippen molar-refractivity contribution in [3.05, 3.63) is 29.9 Å². The minimum absolute atomic E-state index is 0.647. The van der Waals surface area contributed by atoms with Crippen LogP contribution in [0.3, 0.4) is 0 Å². The molecule has 1 aliphatic carbocycles. The van der Waals surface area contributed by atoms with E-state index in [1.807, 2.05) is 12.3 Å². The highest BCUT2D eigenvalue weighted by Crippen LogP contribution is 2.41. The molecule has 0 amide bonds. The molecule has 1 saturated heterocycles. The Morgan fingerprint density at radius 3 is 3.13 bits per heavy atom. The third kappa shape index (κ3) is 1.29. The summed E-state index contributed by atoms with van der Waals surface area (Å²) in [6.07, 6.45) is 7.57. The highest BCUT2D eigenvalue weighted by molar-refractivity contribution is 5.58. The molecule has 0 spiro atoms. The van der Waals surface area contributed by atoms with Crippen molar-refractivity contribution < 1.29 is 0 Å². The fourth-order valence-corrected chi connectivity index (χ4v) is 2.82. The van der Waals surface area contributed by atoms with Crippen LogP contribution >= 0.6 is 0 Å². The smallest absolute Gasteiger partial charge is 0.207 e. The van der Waals surface area contributed by atoms with Gasteiger partial charge in [0.25, 0.3) is 0 Å². The van der Waals surface area contributed by atoms with Gasteiger partial charge in [-0.3, -0.25) is 4.98 Å². The van der Waals surface area contributed by atoms with E-state index < -0.39 is 0 Å². The summed E-state index contributed by atoms with van der Waals surface area (Å²) in [4.78, 5) is 9.94. The molecule has 3 heteroatoms. The molecule has 3 rings (SSSR count). The van der Waals surface area contributed by atoms with Gasteiger partial charge in [0.2, 0.25) is 5.69 Å². The second-order valence-corrected chi connectivity index (χ2v) is 4.42. The first-order valence-electron chi connectivity index (χ1n) is 5.47. The average molecular weight is 199 g/mol. The quantitative estimate of drug-likeness (QED) is 0.648. The predicted octanol–water partition coefficient (Wildman–Crippen LogP) is 2.62. The molecule has 1 aromatic rings. The summed E-state index contributed by atoms with van der Waals surface area (Å²) in [5, 5.41) is 0. The molecule has 2 fully saturated rings. The number of pyridine rings is 1. The summed E-state index contributed by atoms with van der Waals surface area (Å²) in [7, 11) is 0. The maximum absolute atomic E-state index is 6.97. The van der Waals surface area contributed by atoms with Crippen molar-refractivity contribution in [3.8, 4) is 0 Å². The SMILES string of the molecule is [C-]#[N+]c1cncc(N2C[C@@H]3CCC[C@@H]32)c1.